The highest BCUT2D eigenvalue weighted by Crippen LogP contribution is 2.33. The Labute approximate surface area is 248 Å². The van der Waals surface area contributed by atoms with Crippen molar-refractivity contribution in [3.8, 4) is 11.5 Å². The van der Waals surface area contributed by atoms with Crippen molar-refractivity contribution in [2.75, 3.05) is 18.1 Å². The number of nitrogen functional groups attached to an aromatic ring is 2. The average Bonchev–Trinajstić information content (AvgIpc) is 2.99. The van der Waals surface area contributed by atoms with Crippen LogP contribution in [0.25, 0.3) is 6.08 Å². The lowest BCUT2D eigenvalue weighted by Crippen LogP contribution is -2.07. The fraction of sp³-hybridized carbons (Fsp3) is 0.371. The highest BCUT2D eigenvalue weighted by molar-refractivity contribution is 5.92. The fourth-order valence-electron chi connectivity index (χ4n) is 5.55. The van der Waals surface area contributed by atoms with Gasteiger partial charge in [0.25, 0.3) is 0 Å². The minimum absolute atomic E-state index is 0.192. The van der Waals surface area contributed by atoms with Gasteiger partial charge in [0.1, 0.15) is 11.5 Å². The summed E-state index contributed by atoms with van der Waals surface area (Å²) in [5.74, 6) is 0.572. The van der Waals surface area contributed by atoms with Gasteiger partial charge in [0.15, 0.2) is 0 Å². The first-order chi connectivity index (χ1) is 20.4. The zero-order chi connectivity index (χ0) is 29.7. The first-order valence-electron chi connectivity index (χ1n) is 15.0. The molecule has 7 nitrogen and oxygen atoms in total. The molecule has 1 saturated carbocycles. The molecule has 0 radical (unpaired) electrons. The Hall–Kier alpha value is -4.26. The molecule has 222 valence electrons. The minimum atomic E-state index is -1.00. The summed E-state index contributed by atoms with van der Waals surface area (Å²) in [6.45, 7) is 0.620. The molecule has 0 saturated heterocycles. The summed E-state index contributed by atoms with van der Waals surface area (Å²) >= 11 is 0. The Morgan fingerprint density at radius 1 is 0.833 bits per heavy atom. The van der Waals surface area contributed by atoms with Crippen LogP contribution >= 0.6 is 0 Å². The molecule has 1 aliphatic rings. The Morgan fingerprint density at radius 3 is 2.21 bits per heavy atom. The molecule has 7 heteroatoms. The third kappa shape index (κ3) is 9.40. The van der Waals surface area contributed by atoms with Gasteiger partial charge in [-0.3, -0.25) is 0 Å². The van der Waals surface area contributed by atoms with Gasteiger partial charge < -0.3 is 26.0 Å². The molecule has 0 amide bonds. The van der Waals surface area contributed by atoms with Crippen LogP contribution in [0, 0.1) is 0 Å². The fourth-order valence-corrected chi connectivity index (χ4v) is 5.55. The van der Waals surface area contributed by atoms with Crippen molar-refractivity contribution in [3.63, 3.8) is 0 Å². The second-order valence-corrected chi connectivity index (χ2v) is 11.0. The molecule has 1 aliphatic carbocycles. The number of ether oxygens (including phenoxy) is 2. The molecule has 0 aliphatic heterocycles. The van der Waals surface area contributed by atoms with Crippen LogP contribution < -0.4 is 20.9 Å². The monoisotopic (exact) mass is 570 g/mol. The Balaban J connectivity index is 1.10. The molecule has 3 aromatic carbocycles. The predicted octanol–water partition coefficient (Wildman–Crippen LogP) is 7.79. The first kappa shape index (κ1) is 30.7. The van der Waals surface area contributed by atoms with Gasteiger partial charge in [-0.1, -0.05) is 62.8 Å². The maximum atomic E-state index is 12.3. The van der Waals surface area contributed by atoms with Crippen LogP contribution in [0.4, 0.5) is 11.4 Å². The standard InChI is InChI=1S/C35H42N2O5/c36-28-23-32(35(39)40)31(33(37)24-28)11-7-2-1-3-8-22-41-29-17-12-25(13-18-29)14-21-34(38)42-30-19-15-27(16-20-30)26-9-5-4-6-10-26/h12-21,23-24,26H,1-11,22,36-37H2,(H,39,40)/b21-14+. The highest BCUT2D eigenvalue weighted by Gasteiger charge is 2.16. The second kappa shape index (κ2) is 15.7. The number of hydrogen-bond donors (Lipinski definition) is 3. The molecule has 5 N–H and O–H groups in total. The first-order valence-corrected chi connectivity index (χ1v) is 15.0. The summed E-state index contributed by atoms with van der Waals surface area (Å²) in [6.07, 6.45) is 15.0. The number of unbranched alkanes of at least 4 members (excludes halogenated alkanes) is 4. The molecule has 0 heterocycles. The zero-order valence-electron chi connectivity index (χ0n) is 24.2. The zero-order valence-corrected chi connectivity index (χ0v) is 24.2. The van der Waals surface area contributed by atoms with E-state index in [0.717, 1.165) is 43.4 Å². The largest absolute Gasteiger partial charge is 0.494 e. The molecule has 0 atom stereocenters. The van der Waals surface area contributed by atoms with Gasteiger partial charge >= 0.3 is 11.9 Å². The van der Waals surface area contributed by atoms with Gasteiger partial charge in [0, 0.05) is 17.5 Å². The van der Waals surface area contributed by atoms with Crippen molar-refractivity contribution in [1.82, 2.24) is 0 Å². The molecule has 0 unspecified atom stereocenters. The molecule has 3 aromatic rings. The van der Waals surface area contributed by atoms with Gasteiger partial charge in [-0.15, -0.1) is 0 Å². The van der Waals surface area contributed by atoms with Crippen LogP contribution in [0.15, 0.2) is 66.7 Å². The second-order valence-electron chi connectivity index (χ2n) is 11.0. The maximum Gasteiger partial charge on any atom is 0.336 e. The van der Waals surface area contributed by atoms with E-state index in [4.69, 9.17) is 20.9 Å². The molecule has 42 heavy (non-hydrogen) atoms. The van der Waals surface area contributed by atoms with Crippen molar-refractivity contribution in [1.29, 1.82) is 0 Å². The van der Waals surface area contributed by atoms with Crippen molar-refractivity contribution in [3.05, 3.63) is 89.0 Å². The predicted molar refractivity (Wildman–Crippen MR) is 168 cm³/mol. The number of aromatic carboxylic acids is 1. The number of rotatable bonds is 14. The quantitative estimate of drug-likeness (QED) is 0.0594. The van der Waals surface area contributed by atoms with Crippen LogP contribution in [0.2, 0.25) is 0 Å². The number of carboxylic acid groups (broad SMARTS) is 1. The lowest BCUT2D eigenvalue weighted by molar-refractivity contribution is -0.128. The number of hydrogen-bond acceptors (Lipinski definition) is 6. The normalized spacial score (nSPS) is 13.7. The summed E-state index contributed by atoms with van der Waals surface area (Å²) in [5.41, 5.74) is 15.6. The summed E-state index contributed by atoms with van der Waals surface area (Å²) in [4.78, 5) is 23.8. The molecule has 0 spiro atoms. The molecule has 0 aromatic heterocycles. The smallest absolute Gasteiger partial charge is 0.336 e. The van der Waals surface area contributed by atoms with E-state index in [2.05, 4.69) is 12.1 Å². The number of carbonyl (C=O) groups is 2. The van der Waals surface area contributed by atoms with Gasteiger partial charge in [-0.2, -0.15) is 0 Å². The van der Waals surface area contributed by atoms with Crippen LogP contribution in [0.3, 0.4) is 0 Å². The Bertz CT molecular complexity index is 1340. The van der Waals surface area contributed by atoms with E-state index in [0.29, 0.717) is 41.6 Å². The lowest BCUT2D eigenvalue weighted by atomic mass is 9.84. The van der Waals surface area contributed by atoms with Gasteiger partial charge in [-0.05, 0) is 97.2 Å². The maximum absolute atomic E-state index is 12.3. The van der Waals surface area contributed by atoms with Crippen LogP contribution in [-0.2, 0) is 11.2 Å². The van der Waals surface area contributed by atoms with E-state index in [1.807, 2.05) is 36.4 Å². The van der Waals surface area contributed by atoms with Crippen molar-refractivity contribution < 1.29 is 24.2 Å². The minimum Gasteiger partial charge on any atom is -0.494 e. The summed E-state index contributed by atoms with van der Waals surface area (Å²) in [7, 11) is 0. The third-order valence-electron chi connectivity index (χ3n) is 7.84. The molecule has 1 fully saturated rings. The number of carbonyl (C=O) groups excluding carboxylic acids is 1. The van der Waals surface area contributed by atoms with E-state index in [1.54, 1.807) is 12.1 Å². The van der Waals surface area contributed by atoms with E-state index < -0.39 is 11.9 Å². The SMILES string of the molecule is Nc1cc(N)c(CCCCCCCOc2ccc(/C=C/C(=O)Oc3ccc(C4CCCCC4)cc3)cc2)c(C(=O)O)c1. The highest BCUT2D eigenvalue weighted by atomic mass is 16.5. The van der Waals surface area contributed by atoms with Gasteiger partial charge in [0.05, 0.1) is 12.2 Å². The van der Waals surface area contributed by atoms with E-state index in [1.165, 1.54) is 49.8 Å². The van der Waals surface area contributed by atoms with Crippen molar-refractivity contribution in [2.24, 2.45) is 0 Å². The Kier molecular flexibility index (Phi) is 11.4. The van der Waals surface area contributed by atoms with Crippen LogP contribution in [0.5, 0.6) is 11.5 Å². The molecular weight excluding hydrogens is 528 g/mol. The van der Waals surface area contributed by atoms with Crippen molar-refractivity contribution in [2.45, 2.75) is 76.5 Å². The topological polar surface area (TPSA) is 125 Å². The average molecular weight is 571 g/mol. The van der Waals surface area contributed by atoms with Gasteiger partial charge in [-0.25, -0.2) is 9.59 Å². The number of benzene rings is 3. The molecule has 0 bridgehead atoms. The van der Waals surface area contributed by atoms with Crippen LogP contribution in [0.1, 0.15) is 97.2 Å². The van der Waals surface area contributed by atoms with E-state index in [9.17, 15) is 14.7 Å². The summed E-state index contributed by atoms with van der Waals surface area (Å²) in [5, 5.41) is 9.41. The lowest BCUT2D eigenvalue weighted by Gasteiger charge is -2.21. The Morgan fingerprint density at radius 2 is 1.50 bits per heavy atom. The number of nitrogens with two attached hydrogens (primary N) is 2. The van der Waals surface area contributed by atoms with Crippen molar-refractivity contribution >= 4 is 29.4 Å². The third-order valence-corrected chi connectivity index (χ3v) is 7.84. The number of anilines is 2. The van der Waals surface area contributed by atoms with E-state index >= 15 is 0 Å². The summed E-state index contributed by atoms with van der Waals surface area (Å²) in [6, 6.07) is 18.6. The van der Waals surface area contributed by atoms with Gasteiger partial charge in [0.2, 0.25) is 0 Å². The number of carboxylic acids is 1. The molecular formula is C35H42N2O5. The molecule has 4 rings (SSSR count). The van der Waals surface area contributed by atoms with E-state index in [-0.39, 0.29) is 5.56 Å². The number of esters is 1. The van der Waals surface area contributed by atoms with Crippen LogP contribution in [-0.4, -0.2) is 23.7 Å². The summed E-state index contributed by atoms with van der Waals surface area (Å²) < 4.78 is 11.3.